The number of hydrogen-bond acceptors (Lipinski definition) is 6. The summed E-state index contributed by atoms with van der Waals surface area (Å²) in [6, 6.07) is 5.59. The lowest BCUT2D eigenvalue weighted by Crippen LogP contribution is -2.15. The number of hydrogen-bond donors (Lipinski definition) is 1. The van der Waals surface area contributed by atoms with Crippen LogP contribution in [0.1, 0.15) is 28.2 Å². The molecule has 0 saturated carbocycles. The molecule has 0 fully saturated rings. The Morgan fingerprint density at radius 3 is 2.84 bits per heavy atom. The number of aryl methyl sites for hydroxylation is 2. The van der Waals surface area contributed by atoms with E-state index in [1.54, 1.807) is 14.0 Å². The van der Waals surface area contributed by atoms with Gasteiger partial charge in [-0.25, -0.2) is 4.79 Å². The highest BCUT2D eigenvalue weighted by Gasteiger charge is 2.22. The van der Waals surface area contributed by atoms with Gasteiger partial charge in [0, 0.05) is 13.5 Å². The average molecular weight is 345 g/mol. The van der Waals surface area contributed by atoms with Crippen molar-refractivity contribution in [1.82, 2.24) is 9.78 Å². The summed E-state index contributed by atoms with van der Waals surface area (Å²) in [5.41, 5.74) is 2.12. The van der Waals surface area contributed by atoms with Crippen LogP contribution in [0.25, 0.3) is 0 Å². The zero-order valence-corrected chi connectivity index (χ0v) is 14.3. The number of fused-ring (bicyclic) bond motifs is 1. The molecule has 0 radical (unpaired) electrons. The molecule has 0 atom stereocenters. The van der Waals surface area contributed by atoms with E-state index in [4.69, 9.17) is 14.2 Å². The molecule has 1 N–H and O–H groups in total. The molecule has 8 nitrogen and oxygen atoms in total. The molecule has 0 aliphatic carbocycles. The SMILES string of the molecule is COC(=O)c1nn(C)c(C)c1NC(=O)CCc1ccc2c(c1)OCO2. The minimum absolute atomic E-state index is 0.0962. The van der Waals surface area contributed by atoms with Gasteiger partial charge < -0.3 is 19.5 Å². The summed E-state index contributed by atoms with van der Waals surface area (Å²) in [6.07, 6.45) is 0.796. The molecule has 0 unspecified atom stereocenters. The maximum absolute atomic E-state index is 12.3. The molecule has 25 heavy (non-hydrogen) atoms. The smallest absolute Gasteiger partial charge is 0.360 e. The number of ether oxygens (including phenoxy) is 3. The van der Waals surface area contributed by atoms with E-state index in [1.165, 1.54) is 11.8 Å². The van der Waals surface area contributed by atoms with Crippen molar-refractivity contribution >= 4 is 17.6 Å². The molecule has 132 valence electrons. The van der Waals surface area contributed by atoms with Crippen molar-refractivity contribution in [2.75, 3.05) is 19.2 Å². The van der Waals surface area contributed by atoms with Crippen LogP contribution in [0.2, 0.25) is 0 Å². The van der Waals surface area contributed by atoms with E-state index >= 15 is 0 Å². The molecule has 3 rings (SSSR count). The van der Waals surface area contributed by atoms with Crippen LogP contribution in [0.5, 0.6) is 11.5 Å². The van der Waals surface area contributed by atoms with Gasteiger partial charge in [0.15, 0.2) is 17.2 Å². The molecule has 1 aromatic carbocycles. The first kappa shape index (κ1) is 16.8. The summed E-state index contributed by atoms with van der Waals surface area (Å²) in [5, 5.41) is 6.85. The second kappa shape index (κ2) is 6.84. The summed E-state index contributed by atoms with van der Waals surface area (Å²) in [6.45, 7) is 1.99. The zero-order valence-electron chi connectivity index (χ0n) is 14.3. The Hall–Kier alpha value is -3.03. The Balaban J connectivity index is 1.66. The highest BCUT2D eigenvalue weighted by Crippen LogP contribution is 2.32. The first-order valence-electron chi connectivity index (χ1n) is 7.80. The molecule has 1 aliphatic rings. The van der Waals surface area contributed by atoms with E-state index in [0.717, 1.165) is 5.56 Å². The van der Waals surface area contributed by atoms with Crippen LogP contribution >= 0.6 is 0 Å². The molecule has 2 heterocycles. The molecular formula is C17H19N3O5. The topological polar surface area (TPSA) is 91.7 Å². The number of rotatable bonds is 5. The number of methoxy groups -OCH3 is 1. The van der Waals surface area contributed by atoms with Crippen molar-refractivity contribution in [2.45, 2.75) is 19.8 Å². The van der Waals surface area contributed by atoms with Gasteiger partial charge in [-0.1, -0.05) is 6.07 Å². The fourth-order valence-corrected chi connectivity index (χ4v) is 2.55. The highest BCUT2D eigenvalue weighted by molar-refractivity contribution is 6.00. The minimum Gasteiger partial charge on any atom is -0.464 e. The van der Waals surface area contributed by atoms with Crippen LogP contribution in [-0.4, -0.2) is 35.6 Å². The molecule has 0 saturated heterocycles. The fourth-order valence-electron chi connectivity index (χ4n) is 2.55. The normalized spacial score (nSPS) is 12.1. The van der Waals surface area contributed by atoms with E-state index in [9.17, 15) is 9.59 Å². The fraction of sp³-hybridized carbons (Fsp3) is 0.353. The van der Waals surface area contributed by atoms with Crippen molar-refractivity contribution in [3.8, 4) is 11.5 Å². The number of esters is 1. The van der Waals surface area contributed by atoms with Gasteiger partial charge in [-0.15, -0.1) is 0 Å². The zero-order chi connectivity index (χ0) is 18.0. The Labute approximate surface area is 144 Å². The maximum atomic E-state index is 12.3. The van der Waals surface area contributed by atoms with Gasteiger partial charge in [0.2, 0.25) is 12.7 Å². The summed E-state index contributed by atoms with van der Waals surface area (Å²) in [7, 11) is 2.97. The minimum atomic E-state index is -0.588. The van der Waals surface area contributed by atoms with E-state index in [-0.39, 0.29) is 24.8 Å². The van der Waals surface area contributed by atoms with E-state index in [1.807, 2.05) is 18.2 Å². The van der Waals surface area contributed by atoms with Gasteiger partial charge in [-0.05, 0) is 31.0 Å². The van der Waals surface area contributed by atoms with Gasteiger partial charge in [-0.3, -0.25) is 9.48 Å². The predicted molar refractivity (Wildman–Crippen MR) is 88.8 cm³/mol. The lowest BCUT2D eigenvalue weighted by molar-refractivity contribution is -0.116. The quantitative estimate of drug-likeness (QED) is 0.831. The summed E-state index contributed by atoms with van der Waals surface area (Å²) in [4.78, 5) is 24.1. The van der Waals surface area contributed by atoms with Crippen LogP contribution in [0, 0.1) is 6.92 Å². The number of amides is 1. The van der Waals surface area contributed by atoms with Crippen molar-refractivity contribution in [2.24, 2.45) is 7.05 Å². The van der Waals surface area contributed by atoms with Crippen molar-refractivity contribution < 1.29 is 23.8 Å². The largest absolute Gasteiger partial charge is 0.464 e. The number of anilines is 1. The molecule has 1 aliphatic heterocycles. The van der Waals surface area contributed by atoms with Crippen LogP contribution in [0.3, 0.4) is 0 Å². The maximum Gasteiger partial charge on any atom is 0.360 e. The van der Waals surface area contributed by atoms with Gasteiger partial charge in [-0.2, -0.15) is 5.10 Å². The van der Waals surface area contributed by atoms with Gasteiger partial charge in [0.05, 0.1) is 18.5 Å². The third-order valence-corrected chi connectivity index (χ3v) is 4.05. The summed E-state index contributed by atoms with van der Waals surface area (Å²) >= 11 is 0. The van der Waals surface area contributed by atoms with E-state index in [0.29, 0.717) is 29.3 Å². The average Bonchev–Trinajstić information content (AvgIpc) is 3.18. The molecule has 1 amide bonds. The van der Waals surface area contributed by atoms with Crippen LogP contribution in [0.15, 0.2) is 18.2 Å². The lowest BCUT2D eigenvalue weighted by atomic mass is 10.1. The Bertz CT molecular complexity index is 828. The third kappa shape index (κ3) is 3.42. The Morgan fingerprint density at radius 2 is 2.08 bits per heavy atom. The number of benzene rings is 1. The van der Waals surface area contributed by atoms with Gasteiger partial charge in [0.1, 0.15) is 0 Å². The van der Waals surface area contributed by atoms with Crippen molar-refractivity contribution in [3.05, 3.63) is 35.2 Å². The Kier molecular flexibility index (Phi) is 4.60. The Morgan fingerprint density at radius 1 is 1.32 bits per heavy atom. The second-order valence-electron chi connectivity index (χ2n) is 5.66. The standard InChI is InChI=1S/C17H19N3O5/c1-10-15(16(17(22)23-3)19-20(10)2)18-14(21)7-5-11-4-6-12-13(8-11)25-9-24-12/h4,6,8H,5,7,9H2,1-3H3,(H,18,21). The number of nitrogens with one attached hydrogen (secondary N) is 1. The summed E-state index contributed by atoms with van der Waals surface area (Å²) < 4.78 is 16.8. The van der Waals surface area contributed by atoms with Crippen molar-refractivity contribution in [3.63, 3.8) is 0 Å². The molecule has 0 spiro atoms. The van der Waals surface area contributed by atoms with E-state index in [2.05, 4.69) is 10.4 Å². The molecule has 8 heteroatoms. The number of aromatic nitrogens is 2. The highest BCUT2D eigenvalue weighted by atomic mass is 16.7. The van der Waals surface area contributed by atoms with Crippen molar-refractivity contribution in [1.29, 1.82) is 0 Å². The first-order valence-corrected chi connectivity index (χ1v) is 7.80. The van der Waals surface area contributed by atoms with Crippen LogP contribution in [0.4, 0.5) is 5.69 Å². The number of carbonyl (C=O) groups is 2. The predicted octanol–water partition coefficient (Wildman–Crippen LogP) is 1.82. The third-order valence-electron chi connectivity index (χ3n) is 4.05. The van der Waals surface area contributed by atoms with Gasteiger partial charge >= 0.3 is 5.97 Å². The first-order chi connectivity index (χ1) is 12.0. The molecular weight excluding hydrogens is 326 g/mol. The van der Waals surface area contributed by atoms with Crippen LogP contribution in [-0.2, 0) is 23.0 Å². The van der Waals surface area contributed by atoms with Crippen LogP contribution < -0.4 is 14.8 Å². The number of nitrogens with zero attached hydrogens (tertiary/aromatic N) is 2. The van der Waals surface area contributed by atoms with E-state index < -0.39 is 5.97 Å². The summed E-state index contributed by atoms with van der Waals surface area (Å²) in [5.74, 6) is 0.601. The monoisotopic (exact) mass is 345 g/mol. The lowest BCUT2D eigenvalue weighted by Gasteiger charge is -2.07. The number of carbonyl (C=O) groups excluding carboxylic acids is 2. The second-order valence-corrected chi connectivity index (χ2v) is 5.66. The van der Waals surface area contributed by atoms with Gasteiger partial charge in [0.25, 0.3) is 0 Å². The molecule has 2 aromatic rings. The molecule has 0 bridgehead atoms. The molecule has 1 aromatic heterocycles.